The van der Waals surface area contributed by atoms with Crippen LogP contribution in [0.4, 0.5) is 11.6 Å². The summed E-state index contributed by atoms with van der Waals surface area (Å²) >= 11 is 0. The van der Waals surface area contributed by atoms with Gasteiger partial charge in [-0.25, -0.2) is 23.1 Å². The number of nitrogens with one attached hydrogen (secondary N) is 2. The summed E-state index contributed by atoms with van der Waals surface area (Å²) in [6.45, 7) is 3.80. The largest absolute Gasteiger partial charge is 0.451 e. The summed E-state index contributed by atoms with van der Waals surface area (Å²) in [6, 6.07) is 13.1. The van der Waals surface area contributed by atoms with Gasteiger partial charge in [-0.2, -0.15) is 0 Å². The van der Waals surface area contributed by atoms with Crippen LogP contribution in [0.1, 0.15) is 21.7 Å². The average molecular weight is 422 g/mol. The summed E-state index contributed by atoms with van der Waals surface area (Å²) < 4.78 is 32.9. The number of nitrogens with zero attached hydrogens (tertiary/aromatic N) is 2. The third-order valence-electron chi connectivity index (χ3n) is 4.51. The zero-order chi connectivity index (χ0) is 21.3. The molecule has 0 unspecified atom stereocenters. The van der Waals surface area contributed by atoms with Crippen LogP contribution in [-0.4, -0.2) is 24.3 Å². The minimum Gasteiger partial charge on any atom is -0.451 e. The van der Waals surface area contributed by atoms with Gasteiger partial charge < -0.3 is 9.73 Å². The quantitative estimate of drug-likeness (QED) is 0.504. The fourth-order valence-electron chi connectivity index (χ4n) is 2.99. The van der Waals surface area contributed by atoms with Gasteiger partial charge in [-0.05, 0) is 56.3 Å². The topological polar surface area (TPSA) is 114 Å². The molecule has 0 aliphatic heterocycles. The smallest absolute Gasteiger partial charge is 0.291 e. The van der Waals surface area contributed by atoms with E-state index in [1.807, 2.05) is 32.0 Å². The molecule has 4 aromatic rings. The Labute approximate surface area is 173 Å². The highest BCUT2D eigenvalue weighted by Gasteiger charge is 2.19. The van der Waals surface area contributed by atoms with Gasteiger partial charge in [-0.1, -0.05) is 11.6 Å². The van der Waals surface area contributed by atoms with E-state index in [1.54, 1.807) is 6.07 Å². The van der Waals surface area contributed by atoms with Crippen LogP contribution in [0.3, 0.4) is 0 Å². The molecule has 8 nitrogen and oxygen atoms in total. The van der Waals surface area contributed by atoms with E-state index >= 15 is 0 Å². The standard InChI is InChI=1S/C21H18N4O4S/c1-13-4-9-18-17(12-13)14(2)19(29-18)20(26)24-15-5-7-16(8-6-15)30(27,28)25-21-22-10-3-11-23-21/h3-12H,1-2H3,(H,24,26)(H,22,23,25). The number of amides is 1. The molecule has 0 saturated carbocycles. The van der Waals surface area contributed by atoms with Gasteiger partial charge in [0.15, 0.2) is 5.76 Å². The molecule has 4 rings (SSSR count). The number of aryl methyl sites for hydroxylation is 2. The number of hydrogen-bond donors (Lipinski definition) is 2. The lowest BCUT2D eigenvalue weighted by Crippen LogP contribution is -2.15. The summed E-state index contributed by atoms with van der Waals surface area (Å²) in [5.74, 6) is -0.214. The number of carbonyl (C=O) groups is 1. The summed E-state index contributed by atoms with van der Waals surface area (Å²) in [4.78, 5) is 20.4. The number of aromatic nitrogens is 2. The van der Waals surface area contributed by atoms with Crippen LogP contribution in [0.25, 0.3) is 11.0 Å². The van der Waals surface area contributed by atoms with Gasteiger partial charge in [0.1, 0.15) is 5.58 Å². The van der Waals surface area contributed by atoms with Crippen molar-refractivity contribution < 1.29 is 17.6 Å². The zero-order valence-electron chi connectivity index (χ0n) is 16.2. The van der Waals surface area contributed by atoms with Crippen LogP contribution in [0.2, 0.25) is 0 Å². The van der Waals surface area contributed by atoms with Gasteiger partial charge in [0, 0.05) is 29.0 Å². The van der Waals surface area contributed by atoms with Crippen molar-refractivity contribution in [1.29, 1.82) is 0 Å². The van der Waals surface area contributed by atoms with Crippen molar-refractivity contribution in [3.05, 3.63) is 77.8 Å². The molecular formula is C21H18N4O4S. The molecule has 9 heteroatoms. The Kier molecular flexibility index (Phi) is 4.96. The Morgan fingerprint density at radius 2 is 1.70 bits per heavy atom. The maximum Gasteiger partial charge on any atom is 0.291 e. The first kappa shape index (κ1) is 19.6. The molecule has 1 amide bonds. The summed E-state index contributed by atoms with van der Waals surface area (Å²) in [6.07, 6.45) is 2.87. The lowest BCUT2D eigenvalue weighted by atomic mass is 10.1. The molecule has 0 spiro atoms. The Bertz CT molecular complexity index is 1330. The maximum atomic E-state index is 12.7. The van der Waals surface area contributed by atoms with E-state index in [-0.39, 0.29) is 16.6 Å². The summed E-state index contributed by atoms with van der Waals surface area (Å²) in [5, 5.41) is 3.62. The zero-order valence-corrected chi connectivity index (χ0v) is 17.0. The highest BCUT2D eigenvalue weighted by Crippen LogP contribution is 2.27. The van der Waals surface area contributed by atoms with Gasteiger partial charge in [0.05, 0.1) is 4.90 Å². The number of sulfonamides is 1. The molecule has 0 fully saturated rings. The molecule has 0 saturated heterocycles. The number of anilines is 2. The number of furan rings is 1. The van der Waals surface area contributed by atoms with Crippen LogP contribution in [0.15, 0.2) is 70.2 Å². The van der Waals surface area contributed by atoms with Crippen LogP contribution in [-0.2, 0) is 10.0 Å². The first-order chi connectivity index (χ1) is 14.3. The van der Waals surface area contributed by atoms with Crippen molar-refractivity contribution in [1.82, 2.24) is 9.97 Å². The molecule has 2 heterocycles. The molecule has 0 atom stereocenters. The average Bonchev–Trinajstić information content (AvgIpc) is 3.05. The van der Waals surface area contributed by atoms with Crippen molar-refractivity contribution >= 4 is 38.5 Å². The first-order valence-corrected chi connectivity index (χ1v) is 10.5. The second-order valence-electron chi connectivity index (χ2n) is 6.71. The van der Waals surface area contributed by atoms with Gasteiger partial charge >= 0.3 is 0 Å². The normalized spacial score (nSPS) is 11.4. The Morgan fingerprint density at radius 3 is 2.40 bits per heavy atom. The highest BCUT2D eigenvalue weighted by molar-refractivity contribution is 7.92. The number of hydrogen-bond acceptors (Lipinski definition) is 6. The predicted octanol–water partition coefficient (Wildman–Crippen LogP) is 3.89. The van der Waals surface area contributed by atoms with Crippen molar-refractivity contribution in [2.24, 2.45) is 0 Å². The maximum absolute atomic E-state index is 12.7. The number of fused-ring (bicyclic) bond motifs is 1. The molecule has 2 aromatic heterocycles. The minimum atomic E-state index is -3.85. The molecule has 0 radical (unpaired) electrons. The Balaban J connectivity index is 1.52. The fraction of sp³-hybridized carbons (Fsp3) is 0.0952. The molecule has 0 aliphatic carbocycles. The van der Waals surface area contributed by atoms with E-state index < -0.39 is 15.9 Å². The van der Waals surface area contributed by atoms with E-state index in [1.165, 1.54) is 36.7 Å². The molecule has 0 bridgehead atoms. The fourth-order valence-corrected chi connectivity index (χ4v) is 3.95. The second-order valence-corrected chi connectivity index (χ2v) is 8.39. The van der Waals surface area contributed by atoms with Crippen molar-refractivity contribution in [2.75, 3.05) is 10.0 Å². The molecular weight excluding hydrogens is 404 g/mol. The van der Waals surface area contributed by atoms with E-state index in [2.05, 4.69) is 20.0 Å². The SMILES string of the molecule is Cc1ccc2oc(C(=O)Nc3ccc(S(=O)(=O)Nc4ncccn4)cc3)c(C)c2c1. The van der Waals surface area contributed by atoms with E-state index in [4.69, 9.17) is 4.42 Å². The lowest BCUT2D eigenvalue weighted by Gasteiger charge is -2.08. The number of carbonyl (C=O) groups excluding carboxylic acids is 1. The van der Waals surface area contributed by atoms with E-state index in [0.717, 1.165) is 16.5 Å². The van der Waals surface area contributed by atoms with Crippen LogP contribution in [0.5, 0.6) is 0 Å². The summed E-state index contributed by atoms with van der Waals surface area (Å²) in [7, 11) is -3.85. The predicted molar refractivity (Wildman–Crippen MR) is 113 cm³/mol. The third-order valence-corrected chi connectivity index (χ3v) is 5.86. The van der Waals surface area contributed by atoms with Crippen LogP contribution in [0, 0.1) is 13.8 Å². The van der Waals surface area contributed by atoms with E-state index in [9.17, 15) is 13.2 Å². The van der Waals surface area contributed by atoms with Gasteiger partial charge in [0.25, 0.3) is 15.9 Å². The number of benzene rings is 2. The second kappa shape index (κ2) is 7.60. The highest BCUT2D eigenvalue weighted by atomic mass is 32.2. The molecule has 152 valence electrons. The van der Waals surface area contributed by atoms with Crippen molar-refractivity contribution in [3.8, 4) is 0 Å². The van der Waals surface area contributed by atoms with Crippen molar-refractivity contribution in [3.63, 3.8) is 0 Å². The molecule has 2 aromatic carbocycles. The van der Waals surface area contributed by atoms with Gasteiger partial charge in [-0.3, -0.25) is 4.79 Å². The van der Waals surface area contributed by atoms with Crippen LogP contribution >= 0.6 is 0 Å². The van der Waals surface area contributed by atoms with Crippen molar-refractivity contribution in [2.45, 2.75) is 18.7 Å². The summed E-state index contributed by atoms with van der Waals surface area (Å²) in [5.41, 5.74) is 2.90. The van der Waals surface area contributed by atoms with Gasteiger partial charge in [0.2, 0.25) is 5.95 Å². The van der Waals surface area contributed by atoms with E-state index in [0.29, 0.717) is 11.3 Å². The minimum absolute atomic E-state index is 0.0170. The van der Waals surface area contributed by atoms with Gasteiger partial charge in [-0.15, -0.1) is 0 Å². The third kappa shape index (κ3) is 3.87. The number of rotatable bonds is 5. The lowest BCUT2D eigenvalue weighted by molar-refractivity contribution is 0.0998. The molecule has 0 aliphatic rings. The Hall–Kier alpha value is -3.72. The monoisotopic (exact) mass is 422 g/mol. The molecule has 30 heavy (non-hydrogen) atoms. The Morgan fingerprint density at radius 1 is 1.00 bits per heavy atom. The first-order valence-electron chi connectivity index (χ1n) is 9.04. The molecule has 2 N–H and O–H groups in total. The van der Waals surface area contributed by atoms with Crippen LogP contribution < -0.4 is 10.0 Å².